The zero-order valence-corrected chi connectivity index (χ0v) is 10.6. The third-order valence-corrected chi connectivity index (χ3v) is 3.79. The zero-order chi connectivity index (χ0) is 12.5. The maximum atomic E-state index is 9.02. The molecular weight excluding hydrogens is 248 g/mol. The van der Waals surface area contributed by atoms with Gasteiger partial charge in [0.1, 0.15) is 5.75 Å². The van der Waals surface area contributed by atoms with Gasteiger partial charge in [0, 0.05) is 12.4 Å². The van der Waals surface area contributed by atoms with Crippen molar-refractivity contribution in [2.75, 3.05) is 7.11 Å². The van der Waals surface area contributed by atoms with Gasteiger partial charge < -0.3 is 9.84 Å². The smallest absolute Gasteiger partial charge is 0.194 e. The Morgan fingerprint density at radius 2 is 2.06 bits per heavy atom. The summed E-state index contributed by atoms with van der Waals surface area (Å²) >= 11 is 1.60. The first-order valence-corrected chi connectivity index (χ1v) is 6.34. The summed E-state index contributed by atoms with van der Waals surface area (Å²) in [4.78, 5) is 6.35. The minimum absolute atomic E-state index is 0.0216. The Balaban J connectivity index is 1.99. The van der Waals surface area contributed by atoms with Gasteiger partial charge in [-0.1, -0.05) is 11.3 Å². The van der Waals surface area contributed by atoms with Crippen LogP contribution in [0.25, 0.3) is 15.4 Å². The van der Waals surface area contributed by atoms with E-state index < -0.39 is 0 Å². The normalized spacial score (nSPS) is 11.0. The average molecular weight is 260 g/mol. The molecule has 0 aliphatic heterocycles. The fourth-order valence-corrected chi connectivity index (χ4v) is 2.80. The van der Waals surface area contributed by atoms with Gasteiger partial charge in [0.15, 0.2) is 4.96 Å². The Bertz CT molecular complexity index is 638. The molecule has 0 aliphatic rings. The van der Waals surface area contributed by atoms with Crippen LogP contribution in [0.2, 0.25) is 0 Å². The van der Waals surface area contributed by atoms with Gasteiger partial charge in [0.25, 0.3) is 0 Å². The van der Waals surface area contributed by atoms with Gasteiger partial charge in [0.05, 0.1) is 24.3 Å². The van der Waals surface area contributed by atoms with Gasteiger partial charge >= 0.3 is 0 Å². The molecule has 1 aromatic carbocycles. The number of aliphatic hydroxyl groups excluding tert-OH is 1. The van der Waals surface area contributed by atoms with Crippen LogP contribution in [0.4, 0.5) is 0 Å². The number of fused-ring (bicyclic) bond motifs is 1. The summed E-state index contributed by atoms with van der Waals surface area (Å²) in [5.74, 6) is 0.850. The minimum Gasteiger partial charge on any atom is -0.497 e. The number of thiazole rings is 1. The number of rotatable bonds is 3. The fraction of sp³-hybridized carbons (Fsp3) is 0.154. The first-order chi connectivity index (χ1) is 8.80. The van der Waals surface area contributed by atoms with Crippen LogP contribution in [0.15, 0.2) is 36.7 Å². The van der Waals surface area contributed by atoms with E-state index in [0.29, 0.717) is 5.69 Å². The van der Waals surface area contributed by atoms with Gasteiger partial charge in [-0.15, -0.1) is 0 Å². The third kappa shape index (κ3) is 1.87. The molecule has 0 unspecified atom stereocenters. The maximum Gasteiger partial charge on any atom is 0.194 e. The van der Waals surface area contributed by atoms with Gasteiger partial charge in [-0.2, -0.15) is 0 Å². The van der Waals surface area contributed by atoms with Crippen LogP contribution in [0, 0.1) is 0 Å². The molecule has 0 bridgehead atoms. The van der Waals surface area contributed by atoms with Crippen molar-refractivity contribution in [3.8, 4) is 16.2 Å². The highest BCUT2D eigenvalue weighted by Crippen LogP contribution is 2.29. The summed E-state index contributed by atoms with van der Waals surface area (Å²) in [6, 6.07) is 7.93. The Hall–Kier alpha value is -1.85. The molecular formula is C13H12N2O2S. The number of ether oxygens (including phenoxy) is 1. The van der Waals surface area contributed by atoms with Crippen molar-refractivity contribution in [3.63, 3.8) is 0 Å². The Morgan fingerprint density at radius 3 is 2.67 bits per heavy atom. The van der Waals surface area contributed by atoms with Crippen LogP contribution >= 0.6 is 11.3 Å². The molecule has 0 spiro atoms. The molecule has 0 saturated carbocycles. The average Bonchev–Trinajstić information content (AvgIpc) is 2.96. The molecule has 0 amide bonds. The second kappa shape index (κ2) is 4.44. The fourth-order valence-electron chi connectivity index (χ4n) is 1.81. The summed E-state index contributed by atoms with van der Waals surface area (Å²) in [5, 5.41) is 9.02. The van der Waals surface area contributed by atoms with Crippen LogP contribution in [0.1, 0.15) is 5.69 Å². The van der Waals surface area contributed by atoms with Crippen LogP contribution in [0.5, 0.6) is 5.75 Å². The summed E-state index contributed by atoms with van der Waals surface area (Å²) in [5.41, 5.74) is 1.83. The molecule has 0 radical (unpaired) electrons. The molecule has 0 atom stereocenters. The van der Waals surface area contributed by atoms with Gasteiger partial charge in [-0.05, 0) is 29.8 Å². The number of aliphatic hydroxyl groups is 1. The molecule has 0 fully saturated rings. The standard InChI is InChI=1S/C13H12N2O2S/c1-17-11-4-2-9(3-5-11)12-7-15-6-10(8-16)14-13(15)18-12/h2-7,16H,8H2,1H3. The van der Waals surface area contributed by atoms with E-state index in [1.807, 2.05) is 41.1 Å². The first-order valence-electron chi connectivity index (χ1n) is 5.53. The second-order valence-corrected chi connectivity index (χ2v) is 4.91. The second-order valence-electron chi connectivity index (χ2n) is 3.90. The zero-order valence-electron chi connectivity index (χ0n) is 9.83. The molecule has 5 heteroatoms. The minimum atomic E-state index is -0.0216. The van der Waals surface area contributed by atoms with Gasteiger partial charge in [-0.25, -0.2) is 4.98 Å². The van der Waals surface area contributed by atoms with E-state index in [1.165, 1.54) is 0 Å². The van der Waals surface area contributed by atoms with Crippen molar-refractivity contribution in [1.82, 2.24) is 9.38 Å². The maximum absolute atomic E-state index is 9.02. The molecule has 4 nitrogen and oxygen atoms in total. The van der Waals surface area contributed by atoms with Crippen LogP contribution in [0.3, 0.4) is 0 Å². The van der Waals surface area contributed by atoms with E-state index in [4.69, 9.17) is 9.84 Å². The van der Waals surface area contributed by atoms with E-state index in [1.54, 1.807) is 18.4 Å². The van der Waals surface area contributed by atoms with Crippen molar-refractivity contribution in [2.24, 2.45) is 0 Å². The predicted molar refractivity (Wildman–Crippen MR) is 71.0 cm³/mol. The molecule has 18 heavy (non-hydrogen) atoms. The van der Waals surface area contributed by atoms with Crippen molar-refractivity contribution in [2.45, 2.75) is 6.61 Å². The monoisotopic (exact) mass is 260 g/mol. The van der Waals surface area contributed by atoms with E-state index in [9.17, 15) is 0 Å². The highest BCUT2D eigenvalue weighted by molar-refractivity contribution is 7.20. The highest BCUT2D eigenvalue weighted by atomic mass is 32.1. The van der Waals surface area contributed by atoms with Crippen LogP contribution in [-0.4, -0.2) is 21.6 Å². The molecule has 2 aromatic heterocycles. The number of hydrogen-bond acceptors (Lipinski definition) is 4. The quantitative estimate of drug-likeness (QED) is 0.787. The van der Waals surface area contributed by atoms with Crippen molar-refractivity contribution in [3.05, 3.63) is 42.4 Å². The van der Waals surface area contributed by atoms with Gasteiger partial charge in [-0.3, -0.25) is 4.40 Å². The van der Waals surface area contributed by atoms with Crippen LogP contribution < -0.4 is 4.74 Å². The number of hydrogen-bond donors (Lipinski definition) is 1. The SMILES string of the molecule is COc1ccc(-c2cn3cc(CO)nc3s2)cc1. The summed E-state index contributed by atoms with van der Waals surface area (Å²) in [6.45, 7) is -0.0216. The molecule has 3 rings (SSSR count). The molecule has 2 heterocycles. The van der Waals surface area contributed by atoms with E-state index >= 15 is 0 Å². The van der Waals surface area contributed by atoms with Gasteiger partial charge in [0.2, 0.25) is 0 Å². The largest absolute Gasteiger partial charge is 0.497 e. The van der Waals surface area contributed by atoms with Crippen molar-refractivity contribution >= 4 is 16.3 Å². The summed E-state index contributed by atoms with van der Waals surface area (Å²) in [7, 11) is 1.66. The van der Waals surface area contributed by atoms with Crippen molar-refractivity contribution < 1.29 is 9.84 Å². The van der Waals surface area contributed by atoms with E-state index in [-0.39, 0.29) is 6.61 Å². The van der Waals surface area contributed by atoms with E-state index in [0.717, 1.165) is 21.2 Å². The lowest BCUT2D eigenvalue weighted by Crippen LogP contribution is -1.82. The predicted octanol–water partition coefficient (Wildman–Crippen LogP) is 2.56. The first kappa shape index (κ1) is 11.3. The molecule has 0 saturated heterocycles. The topological polar surface area (TPSA) is 46.8 Å². The van der Waals surface area contributed by atoms with Crippen LogP contribution in [-0.2, 0) is 6.61 Å². The van der Waals surface area contributed by atoms with E-state index in [2.05, 4.69) is 4.98 Å². The Labute approximate surface area is 108 Å². The Kier molecular flexibility index (Phi) is 2.77. The number of aromatic nitrogens is 2. The number of methoxy groups -OCH3 is 1. The summed E-state index contributed by atoms with van der Waals surface area (Å²) < 4.78 is 7.08. The Morgan fingerprint density at radius 1 is 1.28 bits per heavy atom. The lowest BCUT2D eigenvalue weighted by molar-refractivity contribution is 0.277. The molecule has 3 aromatic rings. The molecule has 0 aliphatic carbocycles. The third-order valence-electron chi connectivity index (χ3n) is 2.74. The lowest BCUT2D eigenvalue weighted by Gasteiger charge is -2.00. The number of benzene rings is 1. The number of imidazole rings is 1. The summed E-state index contributed by atoms with van der Waals surface area (Å²) in [6.07, 6.45) is 3.87. The molecule has 92 valence electrons. The van der Waals surface area contributed by atoms with Crippen molar-refractivity contribution in [1.29, 1.82) is 0 Å². The number of nitrogens with zero attached hydrogens (tertiary/aromatic N) is 2. The highest BCUT2D eigenvalue weighted by Gasteiger charge is 2.07. The lowest BCUT2D eigenvalue weighted by atomic mass is 10.2. The molecule has 1 N–H and O–H groups in total.